The van der Waals surface area contributed by atoms with Crippen molar-refractivity contribution in [2.45, 2.75) is 13.5 Å². The zero-order valence-electron chi connectivity index (χ0n) is 17.2. The Hall–Kier alpha value is -3.39. The molecule has 0 atom stereocenters. The summed E-state index contributed by atoms with van der Waals surface area (Å²) in [7, 11) is -3.50. The first-order valence-electron chi connectivity index (χ1n) is 9.52. The lowest BCUT2D eigenvalue weighted by atomic mass is 10.1. The fraction of sp³-hybridized carbons (Fsp3) is 0.174. The summed E-state index contributed by atoms with van der Waals surface area (Å²) in [4.78, 5) is 12.0. The quantitative estimate of drug-likeness (QED) is 0.570. The Morgan fingerprint density at radius 3 is 2.16 bits per heavy atom. The number of nitrogens with one attached hydrogen (secondary N) is 1. The van der Waals surface area contributed by atoms with Gasteiger partial charge in [-0.1, -0.05) is 29.8 Å². The van der Waals surface area contributed by atoms with Crippen molar-refractivity contribution in [1.82, 2.24) is 0 Å². The predicted octanol–water partition coefficient (Wildman–Crippen LogP) is 4.12. The van der Waals surface area contributed by atoms with Crippen LogP contribution in [0.2, 0.25) is 0 Å². The van der Waals surface area contributed by atoms with E-state index in [9.17, 15) is 17.6 Å². The van der Waals surface area contributed by atoms with Gasteiger partial charge in [-0.2, -0.15) is 0 Å². The van der Waals surface area contributed by atoms with Gasteiger partial charge in [0.2, 0.25) is 10.0 Å². The topological polar surface area (TPSA) is 75.7 Å². The Morgan fingerprint density at radius 2 is 1.58 bits per heavy atom. The molecular weight excluding hydrogens is 419 g/mol. The Balaban J connectivity index is 1.63. The Labute approximate surface area is 181 Å². The first kappa shape index (κ1) is 22.3. The van der Waals surface area contributed by atoms with Crippen LogP contribution in [0.5, 0.6) is 5.75 Å². The highest BCUT2D eigenvalue weighted by molar-refractivity contribution is 7.92. The molecule has 1 N–H and O–H groups in total. The molecule has 3 aromatic rings. The standard InChI is InChI=1S/C23H23FN2O4S/c1-17-3-5-18(6-4-17)15-26(31(2,28)29)21-11-13-22(14-12-21)30-16-23(27)25-20-9-7-19(24)8-10-20/h3-14H,15-16H2,1-2H3,(H,25,27). The van der Waals surface area contributed by atoms with Gasteiger partial charge in [0.1, 0.15) is 11.6 Å². The maximum absolute atomic E-state index is 12.9. The number of halogens is 1. The van der Waals surface area contributed by atoms with Gasteiger partial charge in [0.25, 0.3) is 5.91 Å². The summed E-state index contributed by atoms with van der Waals surface area (Å²) in [6.07, 6.45) is 1.16. The van der Waals surface area contributed by atoms with E-state index < -0.39 is 15.9 Å². The Morgan fingerprint density at radius 1 is 0.968 bits per heavy atom. The van der Waals surface area contributed by atoms with E-state index in [1.54, 1.807) is 24.3 Å². The van der Waals surface area contributed by atoms with Gasteiger partial charge >= 0.3 is 0 Å². The number of hydrogen-bond donors (Lipinski definition) is 1. The maximum Gasteiger partial charge on any atom is 0.262 e. The summed E-state index contributed by atoms with van der Waals surface area (Å²) in [5, 5.41) is 2.60. The second kappa shape index (κ2) is 9.61. The number of rotatable bonds is 8. The van der Waals surface area contributed by atoms with Gasteiger partial charge in [-0.15, -0.1) is 0 Å². The number of ether oxygens (including phenoxy) is 1. The van der Waals surface area contributed by atoms with E-state index in [0.29, 0.717) is 17.1 Å². The van der Waals surface area contributed by atoms with Crippen LogP contribution >= 0.6 is 0 Å². The van der Waals surface area contributed by atoms with E-state index in [1.807, 2.05) is 31.2 Å². The molecule has 0 fully saturated rings. The molecular formula is C23H23FN2O4S. The number of sulfonamides is 1. The van der Waals surface area contributed by atoms with Crippen molar-refractivity contribution in [2.75, 3.05) is 22.5 Å². The molecule has 8 heteroatoms. The largest absolute Gasteiger partial charge is 0.484 e. The van der Waals surface area contributed by atoms with Gasteiger partial charge < -0.3 is 10.1 Å². The van der Waals surface area contributed by atoms with Gasteiger partial charge in [-0.3, -0.25) is 9.10 Å². The smallest absolute Gasteiger partial charge is 0.262 e. The van der Waals surface area contributed by atoms with Crippen LogP contribution in [-0.2, 0) is 21.4 Å². The number of benzene rings is 3. The van der Waals surface area contributed by atoms with Gasteiger partial charge in [0.05, 0.1) is 18.5 Å². The van der Waals surface area contributed by atoms with Crippen molar-refractivity contribution >= 4 is 27.3 Å². The highest BCUT2D eigenvalue weighted by Crippen LogP contribution is 2.24. The van der Waals surface area contributed by atoms with Gasteiger partial charge in [0.15, 0.2) is 6.61 Å². The first-order chi connectivity index (χ1) is 14.7. The maximum atomic E-state index is 12.9. The average Bonchev–Trinajstić information content (AvgIpc) is 2.73. The lowest BCUT2D eigenvalue weighted by Crippen LogP contribution is -2.29. The second-order valence-corrected chi connectivity index (χ2v) is 9.00. The van der Waals surface area contributed by atoms with Crippen LogP contribution in [0.3, 0.4) is 0 Å². The molecule has 0 saturated heterocycles. The molecule has 0 aliphatic heterocycles. The highest BCUT2D eigenvalue weighted by atomic mass is 32.2. The molecule has 0 saturated carbocycles. The third-order valence-electron chi connectivity index (χ3n) is 4.47. The fourth-order valence-corrected chi connectivity index (χ4v) is 3.74. The summed E-state index contributed by atoms with van der Waals surface area (Å²) in [5.41, 5.74) is 2.92. The average molecular weight is 443 g/mol. The molecule has 0 bridgehead atoms. The molecule has 3 aromatic carbocycles. The summed E-state index contributed by atoms with van der Waals surface area (Å²) in [5.74, 6) is -0.366. The molecule has 0 spiro atoms. The molecule has 6 nitrogen and oxygen atoms in total. The summed E-state index contributed by atoms with van der Waals surface area (Å²) in [6.45, 7) is 1.94. The van der Waals surface area contributed by atoms with E-state index in [4.69, 9.17) is 4.74 Å². The molecule has 0 heterocycles. The van der Waals surface area contributed by atoms with Crippen molar-refractivity contribution in [3.05, 3.63) is 89.7 Å². The first-order valence-corrected chi connectivity index (χ1v) is 11.4. The summed E-state index contributed by atoms with van der Waals surface area (Å²) >= 11 is 0. The minimum Gasteiger partial charge on any atom is -0.484 e. The van der Waals surface area contributed by atoms with Crippen LogP contribution in [0.15, 0.2) is 72.8 Å². The van der Waals surface area contributed by atoms with Crippen molar-refractivity contribution in [2.24, 2.45) is 0 Å². The number of anilines is 2. The van der Waals surface area contributed by atoms with Gasteiger partial charge in [0, 0.05) is 5.69 Å². The molecule has 3 rings (SSSR count). The van der Waals surface area contributed by atoms with Crippen molar-refractivity contribution in [1.29, 1.82) is 0 Å². The molecule has 0 aliphatic rings. The second-order valence-electron chi connectivity index (χ2n) is 7.09. The molecule has 0 unspecified atom stereocenters. The number of nitrogens with zero attached hydrogens (tertiary/aromatic N) is 1. The van der Waals surface area contributed by atoms with Crippen LogP contribution in [0, 0.1) is 12.7 Å². The van der Waals surface area contributed by atoms with E-state index >= 15 is 0 Å². The minimum atomic E-state index is -3.50. The number of carbonyl (C=O) groups excluding carboxylic acids is 1. The van der Waals surface area contributed by atoms with Crippen molar-refractivity contribution in [3.8, 4) is 5.75 Å². The van der Waals surface area contributed by atoms with Crippen LogP contribution in [0.1, 0.15) is 11.1 Å². The molecule has 31 heavy (non-hydrogen) atoms. The van der Waals surface area contributed by atoms with Crippen LogP contribution in [0.25, 0.3) is 0 Å². The zero-order valence-corrected chi connectivity index (χ0v) is 18.0. The van der Waals surface area contributed by atoms with Gasteiger partial charge in [-0.05, 0) is 61.0 Å². The molecule has 0 radical (unpaired) electrons. The van der Waals surface area contributed by atoms with Crippen molar-refractivity contribution in [3.63, 3.8) is 0 Å². The summed E-state index contributed by atoms with van der Waals surface area (Å²) in [6, 6.07) is 19.5. The lowest BCUT2D eigenvalue weighted by Gasteiger charge is -2.23. The van der Waals surface area contributed by atoms with Gasteiger partial charge in [-0.25, -0.2) is 12.8 Å². The third kappa shape index (κ3) is 6.55. The van der Waals surface area contributed by atoms with Crippen LogP contribution in [0.4, 0.5) is 15.8 Å². The monoisotopic (exact) mass is 442 g/mol. The number of aryl methyl sites for hydroxylation is 1. The summed E-state index contributed by atoms with van der Waals surface area (Å²) < 4.78 is 44.3. The molecule has 1 amide bonds. The van der Waals surface area contributed by atoms with E-state index in [0.717, 1.165) is 17.4 Å². The SMILES string of the molecule is Cc1ccc(CN(c2ccc(OCC(=O)Nc3ccc(F)cc3)cc2)S(C)(=O)=O)cc1. The third-order valence-corrected chi connectivity index (χ3v) is 5.61. The Bertz CT molecular complexity index is 1130. The van der Waals surface area contributed by atoms with E-state index in [-0.39, 0.29) is 19.0 Å². The zero-order chi connectivity index (χ0) is 22.4. The minimum absolute atomic E-state index is 0.208. The van der Waals surface area contributed by atoms with Crippen LogP contribution in [-0.4, -0.2) is 27.2 Å². The fourth-order valence-electron chi connectivity index (χ4n) is 2.85. The number of hydrogen-bond acceptors (Lipinski definition) is 4. The normalized spacial score (nSPS) is 11.1. The number of amides is 1. The van der Waals surface area contributed by atoms with Crippen molar-refractivity contribution < 1.29 is 22.3 Å². The number of carbonyl (C=O) groups is 1. The Kier molecular flexibility index (Phi) is 6.91. The molecule has 0 aromatic heterocycles. The molecule has 0 aliphatic carbocycles. The predicted molar refractivity (Wildman–Crippen MR) is 119 cm³/mol. The van der Waals surface area contributed by atoms with E-state index in [1.165, 1.54) is 28.6 Å². The lowest BCUT2D eigenvalue weighted by molar-refractivity contribution is -0.118. The van der Waals surface area contributed by atoms with E-state index in [2.05, 4.69) is 5.32 Å². The molecule has 162 valence electrons. The van der Waals surface area contributed by atoms with Crippen LogP contribution < -0.4 is 14.4 Å². The highest BCUT2D eigenvalue weighted by Gasteiger charge is 2.18.